The normalized spacial score (nSPS) is 27.6. The quantitative estimate of drug-likeness (QED) is 0.832. The van der Waals surface area contributed by atoms with Crippen LogP contribution in [-0.2, 0) is 14.8 Å². The maximum atomic E-state index is 12.7. The van der Waals surface area contributed by atoms with Crippen molar-refractivity contribution in [3.8, 4) is 0 Å². The monoisotopic (exact) mass is 330 g/mol. The molecular weight excluding hydrogens is 308 g/mol. The van der Waals surface area contributed by atoms with Gasteiger partial charge in [-0.2, -0.15) is 4.31 Å². The van der Waals surface area contributed by atoms with Crippen LogP contribution in [0.4, 0.5) is 0 Å². The zero-order valence-electron chi connectivity index (χ0n) is 12.7. The molecule has 1 spiro atoms. The molecule has 118 valence electrons. The minimum atomic E-state index is -3.43. The fraction of sp³-hybridized carbons (Fsp3) is 0.786. The van der Waals surface area contributed by atoms with Crippen LogP contribution in [0.5, 0.6) is 0 Å². The number of hydrogen-bond acceptors (Lipinski definition) is 5. The van der Waals surface area contributed by atoms with Crippen molar-refractivity contribution in [2.45, 2.75) is 55.9 Å². The number of sulfonamides is 1. The molecule has 2 aliphatic carbocycles. The first-order valence-corrected chi connectivity index (χ1v) is 9.69. The van der Waals surface area contributed by atoms with E-state index in [2.05, 4.69) is 4.98 Å². The topological polar surface area (TPSA) is 59.5 Å². The van der Waals surface area contributed by atoms with Crippen LogP contribution in [0, 0.1) is 12.3 Å². The third-order valence-corrected chi connectivity index (χ3v) is 8.28. The zero-order valence-corrected chi connectivity index (χ0v) is 14.3. The zero-order chi connectivity index (χ0) is 15.3. The highest BCUT2D eigenvalue weighted by molar-refractivity contribution is 7.91. The van der Waals surface area contributed by atoms with E-state index in [1.165, 1.54) is 24.0 Å². The second kappa shape index (κ2) is 5.30. The Balaban J connectivity index is 1.81. The molecule has 7 heteroatoms. The molecule has 0 radical (unpaired) electrons. The molecule has 0 unspecified atom stereocenters. The van der Waals surface area contributed by atoms with Gasteiger partial charge in [-0.15, -0.1) is 11.3 Å². The highest BCUT2D eigenvalue weighted by atomic mass is 32.2. The van der Waals surface area contributed by atoms with Gasteiger partial charge in [0.05, 0.1) is 17.3 Å². The Labute approximate surface area is 130 Å². The van der Waals surface area contributed by atoms with Gasteiger partial charge < -0.3 is 4.74 Å². The summed E-state index contributed by atoms with van der Waals surface area (Å²) in [5.74, 6) is 0. The van der Waals surface area contributed by atoms with Crippen LogP contribution in [-0.4, -0.2) is 43.5 Å². The average Bonchev–Trinajstić information content (AvgIpc) is 2.78. The lowest BCUT2D eigenvalue weighted by Gasteiger charge is -2.62. The van der Waals surface area contributed by atoms with Gasteiger partial charge in [0.2, 0.25) is 0 Å². The maximum absolute atomic E-state index is 12.7. The van der Waals surface area contributed by atoms with Crippen molar-refractivity contribution < 1.29 is 13.2 Å². The lowest BCUT2D eigenvalue weighted by atomic mass is 9.51. The molecule has 0 N–H and O–H groups in total. The van der Waals surface area contributed by atoms with E-state index in [1.807, 2.05) is 13.8 Å². The molecule has 1 heterocycles. The van der Waals surface area contributed by atoms with E-state index in [0.29, 0.717) is 10.8 Å². The van der Waals surface area contributed by atoms with E-state index in [1.54, 1.807) is 11.4 Å². The molecule has 0 aromatic carbocycles. The summed E-state index contributed by atoms with van der Waals surface area (Å²) < 4.78 is 33.2. The Morgan fingerprint density at radius 2 is 2.24 bits per heavy atom. The number of thiazole rings is 1. The number of aromatic nitrogens is 1. The largest absolute Gasteiger partial charge is 0.378 e. The first-order chi connectivity index (χ1) is 9.91. The molecule has 3 rings (SSSR count). The number of rotatable bonds is 5. The van der Waals surface area contributed by atoms with Crippen molar-refractivity contribution in [2.75, 3.05) is 13.7 Å². The summed E-state index contributed by atoms with van der Waals surface area (Å²) in [6.45, 7) is 4.52. The minimum Gasteiger partial charge on any atom is -0.378 e. The Bertz CT molecular complexity index is 622. The van der Waals surface area contributed by atoms with Crippen molar-refractivity contribution in [3.63, 3.8) is 0 Å². The van der Waals surface area contributed by atoms with E-state index in [-0.39, 0.29) is 17.6 Å². The highest BCUT2D eigenvalue weighted by Crippen LogP contribution is 2.59. The van der Waals surface area contributed by atoms with Crippen molar-refractivity contribution in [1.82, 2.24) is 9.29 Å². The van der Waals surface area contributed by atoms with E-state index >= 15 is 0 Å². The van der Waals surface area contributed by atoms with Crippen LogP contribution >= 0.6 is 11.3 Å². The molecule has 2 fully saturated rings. The van der Waals surface area contributed by atoms with E-state index in [9.17, 15) is 8.42 Å². The molecule has 2 aliphatic rings. The fourth-order valence-electron chi connectivity index (χ4n) is 3.68. The van der Waals surface area contributed by atoms with Gasteiger partial charge in [-0.25, -0.2) is 13.4 Å². The molecule has 21 heavy (non-hydrogen) atoms. The SMILES string of the molecule is CCO[C@@H]1C[C@H](N(C)S(=O)(=O)c2cnc(C)s2)C12CCC2. The van der Waals surface area contributed by atoms with E-state index in [4.69, 9.17) is 4.74 Å². The third-order valence-electron chi connectivity index (χ3n) is 5.07. The second-order valence-corrected chi connectivity index (χ2v) is 9.46. The van der Waals surface area contributed by atoms with Crippen LogP contribution in [0.2, 0.25) is 0 Å². The molecule has 1 aromatic rings. The Kier molecular flexibility index (Phi) is 3.88. The third kappa shape index (κ3) is 2.25. The predicted molar refractivity (Wildman–Crippen MR) is 81.9 cm³/mol. The number of hydrogen-bond donors (Lipinski definition) is 0. The summed E-state index contributed by atoms with van der Waals surface area (Å²) in [5.41, 5.74) is 0.0531. The predicted octanol–water partition coefficient (Wildman–Crippen LogP) is 2.42. The molecule has 0 aliphatic heterocycles. The number of nitrogens with zero attached hydrogens (tertiary/aromatic N) is 2. The van der Waals surface area contributed by atoms with Crippen molar-refractivity contribution in [1.29, 1.82) is 0 Å². The summed E-state index contributed by atoms with van der Waals surface area (Å²) >= 11 is 1.24. The van der Waals surface area contributed by atoms with E-state index in [0.717, 1.165) is 24.3 Å². The van der Waals surface area contributed by atoms with Crippen LogP contribution in [0.25, 0.3) is 0 Å². The minimum absolute atomic E-state index is 0.0531. The van der Waals surface area contributed by atoms with E-state index < -0.39 is 10.0 Å². The molecule has 0 saturated heterocycles. The molecule has 2 saturated carbocycles. The summed E-state index contributed by atoms with van der Waals surface area (Å²) in [5, 5.41) is 0.779. The van der Waals surface area contributed by atoms with Gasteiger partial charge in [-0.1, -0.05) is 6.42 Å². The van der Waals surface area contributed by atoms with Crippen LogP contribution in [0.1, 0.15) is 37.6 Å². The highest BCUT2D eigenvalue weighted by Gasteiger charge is 2.61. The molecular formula is C14H22N2O3S2. The number of ether oxygens (including phenoxy) is 1. The van der Waals surface area contributed by atoms with Gasteiger partial charge in [0, 0.05) is 25.1 Å². The molecule has 1 aromatic heterocycles. The van der Waals surface area contributed by atoms with Crippen molar-refractivity contribution in [2.24, 2.45) is 5.41 Å². The smallest absolute Gasteiger partial charge is 0.254 e. The van der Waals surface area contributed by atoms with Crippen molar-refractivity contribution in [3.05, 3.63) is 11.2 Å². The first kappa shape index (κ1) is 15.4. The fourth-order valence-corrected chi connectivity index (χ4v) is 6.42. The lowest BCUT2D eigenvalue weighted by molar-refractivity contribution is -0.187. The average molecular weight is 330 g/mol. The Morgan fingerprint density at radius 3 is 2.71 bits per heavy atom. The van der Waals surface area contributed by atoms with Gasteiger partial charge in [0.25, 0.3) is 10.0 Å². The summed E-state index contributed by atoms with van der Waals surface area (Å²) in [7, 11) is -1.72. The van der Waals surface area contributed by atoms with Gasteiger partial charge in [-0.3, -0.25) is 0 Å². The van der Waals surface area contributed by atoms with Crippen LogP contribution < -0.4 is 0 Å². The first-order valence-electron chi connectivity index (χ1n) is 7.44. The standard InChI is InChI=1S/C14H22N2O3S2/c1-4-19-12-8-11(14(12)6-5-7-14)16(3)21(17,18)13-9-15-10(2)20-13/h9,11-12H,4-8H2,1-3H3/t11-,12+/m0/s1. The molecule has 2 atom stereocenters. The lowest BCUT2D eigenvalue weighted by Crippen LogP contribution is -2.67. The molecule has 5 nitrogen and oxygen atoms in total. The molecule has 0 bridgehead atoms. The molecule has 0 amide bonds. The van der Waals surface area contributed by atoms with Gasteiger partial charge in [0.15, 0.2) is 4.21 Å². The van der Waals surface area contributed by atoms with Gasteiger partial charge in [0.1, 0.15) is 0 Å². The Hall–Kier alpha value is -0.500. The van der Waals surface area contributed by atoms with Crippen molar-refractivity contribution >= 4 is 21.4 Å². The van der Waals surface area contributed by atoms with Gasteiger partial charge in [-0.05, 0) is 33.1 Å². The summed E-state index contributed by atoms with van der Waals surface area (Å²) in [6, 6.07) is 0.0650. The van der Waals surface area contributed by atoms with Gasteiger partial charge >= 0.3 is 0 Å². The second-order valence-electron chi connectivity index (χ2n) is 6.00. The van der Waals surface area contributed by atoms with Crippen LogP contribution in [0.3, 0.4) is 0 Å². The van der Waals surface area contributed by atoms with Crippen LogP contribution in [0.15, 0.2) is 10.4 Å². The maximum Gasteiger partial charge on any atom is 0.254 e. The number of aryl methyl sites for hydroxylation is 1. The summed E-state index contributed by atoms with van der Waals surface area (Å²) in [6.07, 6.45) is 5.82. The Morgan fingerprint density at radius 1 is 1.52 bits per heavy atom. The summed E-state index contributed by atoms with van der Waals surface area (Å²) in [4.78, 5) is 4.07.